The average Bonchev–Trinajstić information content (AvgIpc) is 2.92. The lowest BCUT2D eigenvalue weighted by molar-refractivity contribution is -0.141. The summed E-state index contributed by atoms with van der Waals surface area (Å²) in [5.74, 6) is 0.853. The Bertz CT molecular complexity index is 439. The van der Waals surface area contributed by atoms with E-state index in [1.54, 1.807) is 0 Å². The maximum Gasteiger partial charge on any atom is 0.435 e. The van der Waals surface area contributed by atoms with Gasteiger partial charge in [0.05, 0.1) is 0 Å². The van der Waals surface area contributed by atoms with E-state index in [0.29, 0.717) is 24.3 Å². The van der Waals surface area contributed by atoms with Gasteiger partial charge in [-0.05, 0) is 44.0 Å². The Morgan fingerprint density at radius 2 is 1.86 bits per heavy atom. The van der Waals surface area contributed by atoms with Crippen LogP contribution in [0.5, 0.6) is 0 Å². The van der Waals surface area contributed by atoms with Crippen molar-refractivity contribution in [1.29, 1.82) is 0 Å². The second-order valence-corrected chi connectivity index (χ2v) is 5.74. The van der Waals surface area contributed by atoms with Crippen LogP contribution in [-0.4, -0.2) is 40.8 Å². The zero-order valence-electron chi connectivity index (χ0n) is 12.3. The van der Waals surface area contributed by atoms with Crippen molar-refractivity contribution in [2.45, 2.75) is 38.9 Å². The third-order valence-corrected chi connectivity index (χ3v) is 3.83. The predicted molar refractivity (Wildman–Crippen MR) is 75.0 cm³/mol. The molecule has 1 atom stereocenters. The van der Waals surface area contributed by atoms with Gasteiger partial charge in [0.1, 0.15) is 5.82 Å². The molecule has 1 fully saturated rings. The average molecular weight is 302 g/mol. The number of alkyl halides is 3. The topological polar surface area (TPSA) is 41.1 Å². The largest absolute Gasteiger partial charge is 0.435 e. The second-order valence-electron chi connectivity index (χ2n) is 5.74. The smallest absolute Gasteiger partial charge is 0.367 e. The maximum atomic E-state index is 12.4. The molecule has 1 unspecified atom stereocenters. The standard InChI is InChI=1S/C14H21F3N4/c1-10(2)11(21-7-3-4-8-21)9-18-13-6-5-12(19-20-13)14(15,16)17/h5-6,10-11H,3-4,7-9H2,1-2H3,(H,18,20). The monoisotopic (exact) mass is 302 g/mol. The van der Waals surface area contributed by atoms with Crippen LogP contribution in [0.4, 0.5) is 19.0 Å². The Hall–Kier alpha value is -1.37. The lowest BCUT2D eigenvalue weighted by Gasteiger charge is -2.31. The van der Waals surface area contributed by atoms with E-state index >= 15 is 0 Å². The number of anilines is 1. The molecule has 21 heavy (non-hydrogen) atoms. The molecule has 2 heterocycles. The van der Waals surface area contributed by atoms with E-state index < -0.39 is 11.9 Å². The molecule has 0 saturated carbocycles. The lowest BCUT2D eigenvalue weighted by Crippen LogP contribution is -2.42. The fourth-order valence-electron chi connectivity index (χ4n) is 2.65. The Labute approximate surface area is 122 Å². The molecule has 0 spiro atoms. The van der Waals surface area contributed by atoms with E-state index in [1.807, 2.05) is 0 Å². The van der Waals surface area contributed by atoms with Crippen LogP contribution in [0.1, 0.15) is 32.4 Å². The molecule has 4 nitrogen and oxygen atoms in total. The zero-order chi connectivity index (χ0) is 15.5. The molecule has 1 aromatic heterocycles. The van der Waals surface area contributed by atoms with Gasteiger partial charge in [0, 0.05) is 12.6 Å². The first kappa shape index (κ1) is 16.0. The number of halogens is 3. The number of hydrogen-bond acceptors (Lipinski definition) is 4. The Balaban J connectivity index is 1.94. The number of nitrogens with one attached hydrogen (secondary N) is 1. The summed E-state index contributed by atoms with van der Waals surface area (Å²) in [5.41, 5.74) is -0.965. The summed E-state index contributed by atoms with van der Waals surface area (Å²) in [7, 11) is 0. The molecule has 1 aromatic rings. The number of aromatic nitrogens is 2. The van der Waals surface area contributed by atoms with Crippen molar-refractivity contribution < 1.29 is 13.2 Å². The third kappa shape index (κ3) is 4.30. The van der Waals surface area contributed by atoms with Crippen molar-refractivity contribution in [3.8, 4) is 0 Å². The van der Waals surface area contributed by atoms with Crippen LogP contribution in [0.3, 0.4) is 0 Å². The fourth-order valence-corrected chi connectivity index (χ4v) is 2.65. The van der Waals surface area contributed by atoms with E-state index in [-0.39, 0.29) is 0 Å². The van der Waals surface area contributed by atoms with Gasteiger partial charge in [-0.25, -0.2) is 0 Å². The Morgan fingerprint density at radius 3 is 2.33 bits per heavy atom. The van der Waals surface area contributed by atoms with Gasteiger partial charge in [-0.3, -0.25) is 4.90 Å². The predicted octanol–water partition coefficient (Wildman–Crippen LogP) is 3.03. The lowest BCUT2D eigenvalue weighted by atomic mass is 10.0. The summed E-state index contributed by atoms with van der Waals surface area (Å²) in [5, 5.41) is 9.92. The molecule has 0 aromatic carbocycles. The normalized spacial score (nSPS) is 18.2. The van der Waals surface area contributed by atoms with Gasteiger partial charge in [-0.2, -0.15) is 13.2 Å². The summed E-state index contributed by atoms with van der Waals surface area (Å²) in [6.45, 7) is 7.15. The highest BCUT2D eigenvalue weighted by atomic mass is 19.4. The van der Waals surface area contributed by atoms with Crippen molar-refractivity contribution in [3.05, 3.63) is 17.8 Å². The van der Waals surface area contributed by atoms with E-state index in [4.69, 9.17) is 0 Å². The molecule has 1 N–H and O–H groups in total. The first-order valence-electron chi connectivity index (χ1n) is 7.27. The molecule has 0 radical (unpaired) electrons. The number of rotatable bonds is 5. The summed E-state index contributed by atoms with van der Waals surface area (Å²) in [6, 6.07) is 2.64. The quantitative estimate of drug-likeness (QED) is 0.908. The van der Waals surface area contributed by atoms with Crippen molar-refractivity contribution in [2.24, 2.45) is 5.92 Å². The van der Waals surface area contributed by atoms with Crippen LogP contribution in [0, 0.1) is 5.92 Å². The minimum absolute atomic E-state index is 0.358. The molecule has 2 rings (SSSR count). The molecule has 0 aliphatic carbocycles. The summed E-state index contributed by atoms with van der Waals surface area (Å²) in [4.78, 5) is 2.43. The van der Waals surface area contributed by atoms with Gasteiger partial charge in [0.25, 0.3) is 0 Å². The maximum absolute atomic E-state index is 12.4. The van der Waals surface area contributed by atoms with Gasteiger partial charge in [-0.15, -0.1) is 10.2 Å². The first-order chi connectivity index (χ1) is 9.88. The van der Waals surface area contributed by atoms with Crippen molar-refractivity contribution in [2.75, 3.05) is 25.0 Å². The molecule has 1 aliphatic rings. The van der Waals surface area contributed by atoms with Gasteiger partial charge >= 0.3 is 6.18 Å². The van der Waals surface area contributed by atoms with Crippen LogP contribution in [0.2, 0.25) is 0 Å². The Morgan fingerprint density at radius 1 is 1.19 bits per heavy atom. The molecule has 0 bridgehead atoms. The highest BCUT2D eigenvalue weighted by Gasteiger charge is 2.33. The number of hydrogen-bond donors (Lipinski definition) is 1. The van der Waals surface area contributed by atoms with Crippen molar-refractivity contribution in [3.63, 3.8) is 0 Å². The molecule has 7 heteroatoms. The molecule has 1 aliphatic heterocycles. The van der Waals surface area contributed by atoms with Gasteiger partial charge in [-0.1, -0.05) is 13.8 Å². The van der Waals surface area contributed by atoms with Crippen LogP contribution >= 0.6 is 0 Å². The first-order valence-corrected chi connectivity index (χ1v) is 7.27. The number of likely N-dealkylation sites (tertiary alicyclic amines) is 1. The van der Waals surface area contributed by atoms with Crippen LogP contribution in [-0.2, 0) is 6.18 Å². The van der Waals surface area contributed by atoms with Crippen LogP contribution in [0.15, 0.2) is 12.1 Å². The molecule has 1 saturated heterocycles. The van der Waals surface area contributed by atoms with Crippen molar-refractivity contribution >= 4 is 5.82 Å². The molecular formula is C14H21F3N4. The molecular weight excluding hydrogens is 281 g/mol. The van der Waals surface area contributed by atoms with Gasteiger partial charge in [0.2, 0.25) is 0 Å². The van der Waals surface area contributed by atoms with Gasteiger partial charge < -0.3 is 5.32 Å². The molecule has 0 amide bonds. The molecule has 118 valence electrons. The highest BCUT2D eigenvalue weighted by Crippen LogP contribution is 2.27. The summed E-state index contributed by atoms with van der Waals surface area (Å²) < 4.78 is 37.2. The fraction of sp³-hybridized carbons (Fsp3) is 0.714. The second kappa shape index (κ2) is 6.60. The van der Waals surface area contributed by atoms with Gasteiger partial charge in [0.15, 0.2) is 5.69 Å². The van der Waals surface area contributed by atoms with E-state index in [0.717, 1.165) is 19.2 Å². The van der Waals surface area contributed by atoms with E-state index in [1.165, 1.54) is 18.9 Å². The third-order valence-electron chi connectivity index (χ3n) is 3.83. The van der Waals surface area contributed by atoms with Crippen LogP contribution in [0.25, 0.3) is 0 Å². The zero-order valence-corrected chi connectivity index (χ0v) is 12.3. The summed E-state index contributed by atoms with van der Waals surface area (Å²) >= 11 is 0. The minimum Gasteiger partial charge on any atom is -0.367 e. The van der Waals surface area contributed by atoms with E-state index in [9.17, 15) is 13.2 Å². The number of nitrogens with zero attached hydrogens (tertiary/aromatic N) is 3. The SMILES string of the molecule is CC(C)C(CNc1ccc(C(F)(F)F)nn1)N1CCCC1. The van der Waals surface area contributed by atoms with E-state index in [2.05, 4.69) is 34.3 Å². The highest BCUT2D eigenvalue weighted by molar-refractivity contribution is 5.33. The van der Waals surface area contributed by atoms with Crippen molar-refractivity contribution in [1.82, 2.24) is 15.1 Å². The Kier molecular flexibility index (Phi) is 5.03. The minimum atomic E-state index is -4.44. The summed E-state index contributed by atoms with van der Waals surface area (Å²) in [6.07, 6.45) is -2.02. The van der Waals surface area contributed by atoms with Crippen LogP contribution < -0.4 is 5.32 Å².